The highest BCUT2D eigenvalue weighted by atomic mass is 127. The number of aryl methyl sites for hydroxylation is 1. The molecule has 0 bridgehead atoms. The highest BCUT2D eigenvalue weighted by molar-refractivity contribution is 14.1. The average Bonchev–Trinajstić information content (AvgIpc) is 2.45. The molecule has 138 valence electrons. The predicted molar refractivity (Wildman–Crippen MR) is 84.3 cm³/mol. The lowest BCUT2D eigenvalue weighted by Crippen LogP contribution is -2.54. The van der Waals surface area contributed by atoms with Crippen molar-refractivity contribution in [3.8, 4) is 5.75 Å². The van der Waals surface area contributed by atoms with E-state index in [0.29, 0.717) is 18.6 Å². The van der Waals surface area contributed by atoms with Crippen LogP contribution in [0.25, 0.3) is 0 Å². The van der Waals surface area contributed by atoms with Crippen LogP contribution in [0, 0.1) is 0 Å². The van der Waals surface area contributed by atoms with E-state index in [1.807, 2.05) is 0 Å². The molecule has 0 N–H and O–H groups in total. The van der Waals surface area contributed by atoms with Crippen LogP contribution in [0.2, 0.25) is 0 Å². The third-order valence-corrected chi connectivity index (χ3v) is 4.61. The molecule has 0 aromatic heterocycles. The molecule has 0 saturated carbocycles. The molecule has 0 aliphatic heterocycles. The molecule has 1 atom stereocenters. The van der Waals surface area contributed by atoms with E-state index in [0.717, 1.165) is 5.56 Å². The minimum absolute atomic E-state index is 0.0461. The van der Waals surface area contributed by atoms with Crippen LogP contribution in [-0.2, 0) is 6.42 Å². The maximum absolute atomic E-state index is 13.6. The van der Waals surface area contributed by atoms with Gasteiger partial charge in [0, 0.05) is 10.3 Å². The number of hydrogen-bond acceptors (Lipinski definition) is 1. The quantitative estimate of drug-likeness (QED) is 0.267. The summed E-state index contributed by atoms with van der Waals surface area (Å²) in [4.78, 5) is 0. The molecule has 1 nitrogen and oxygen atoms in total. The van der Waals surface area contributed by atoms with E-state index in [1.165, 1.54) is 29.7 Å². The monoisotopic (exact) mass is 472 g/mol. The Bertz CT molecular complexity index is 496. The first kappa shape index (κ1) is 21.3. The van der Waals surface area contributed by atoms with Crippen molar-refractivity contribution in [3.05, 3.63) is 29.8 Å². The minimum atomic E-state index is -5.98. The van der Waals surface area contributed by atoms with Crippen LogP contribution in [-0.4, -0.2) is 29.1 Å². The molecule has 9 heteroatoms. The highest BCUT2D eigenvalue weighted by Crippen LogP contribution is 2.50. The Kier molecular flexibility index (Phi) is 7.18. The van der Waals surface area contributed by atoms with Gasteiger partial charge in [0.2, 0.25) is 0 Å². The molecule has 1 aromatic rings. The Morgan fingerprint density at radius 1 is 0.958 bits per heavy atom. The first-order valence-corrected chi connectivity index (χ1v) is 8.24. The van der Waals surface area contributed by atoms with Gasteiger partial charge in [-0.1, -0.05) is 34.7 Å². The zero-order valence-corrected chi connectivity index (χ0v) is 14.8. The van der Waals surface area contributed by atoms with E-state index in [1.54, 1.807) is 24.3 Å². The van der Waals surface area contributed by atoms with Crippen LogP contribution in [0.3, 0.4) is 0 Å². The Labute approximate surface area is 148 Å². The van der Waals surface area contributed by atoms with Crippen LogP contribution in [0.5, 0.6) is 5.75 Å². The molecule has 1 rings (SSSR count). The van der Waals surface area contributed by atoms with Crippen LogP contribution < -0.4 is 4.74 Å². The van der Waals surface area contributed by atoms with E-state index in [4.69, 9.17) is 4.74 Å². The second-order valence-corrected chi connectivity index (χ2v) is 7.10. The third-order valence-electron chi connectivity index (χ3n) is 3.54. The maximum atomic E-state index is 13.6. The SMILES string of the molecule is COc1ccc(CCCC(I)CC(F)(C(F)(F)F)C(F)(F)F)cc1. The first-order chi connectivity index (χ1) is 10.9. The van der Waals surface area contributed by atoms with Crippen LogP contribution in [0.15, 0.2) is 24.3 Å². The minimum Gasteiger partial charge on any atom is -0.497 e. The van der Waals surface area contributed by atoms with Gasteiger partial charge in [0.1, 0.15) is 5.75 Å². The van der Waals surface area contributed by atoms with Crippen molar-refractivity contribution >= 4 is 22.6 Å². The summed E-state index contributed by atoms with van der Waals surface area (Å²) in [5.74, 6) is 0.642. The Balaban J connectivity index is 2.59. The van der Waals surface area contributed by atoms with Gasteiger partial charge in [0.25, 0.3) is 5.67 Å². The molecular weight excluding hydrogens is 456 g/mol. The standard InChI is InChI=1S/C15H16F7IO/c1-24-12-7-5-10(6-8-12)3-2-4-11(23)9-13(16,14(17,18)19)15(20,21)22/h5-8,11H,2-4,9H2,1H3. The molecule has 0 heterocycles. The van der Waals surface area contributed by atoms with E-state index in [-0.39, 0.29) is 6.42 Å². The lowest BCUT2D eigenvalue weighted by Gasteiger charge is -2.31. The summed E-state index contributed by atoms with van der Waals surface area (Å²) < 4.78 is 92.6. The topological polar surface area (TPSA) is 9.23 Å². The van der Waals surface area contributed by atoms with Crippen molar-refractivity contribution in [2.45, 2.75) is 47.6 Å². The molecule has 0 radical (unpaired) electrons. The van der Waals surface area contributed by atoms with Crippen LogP contribution in [0.1, 0.15) is 24.8 Å². The predicted octanol–water partition coefficient (Wildman–Crippen LogP) is 6.04. The lowest BCUT2D eigenvalue weighted by atomic mass is 9.95. The fourth-order valence-electron chi connectivity index (χ4n) is 2.12. The molecule has 24 heavy (non-hydrogen) atoms. The number of alkyl halides is 8. The fraction of sp³-hybridized carbons (Fsp3) is 0.600. The summed E-state index contributed by atoms with van der Waals surface area (Å²) >= 11 is 1.44. The van der Waals surface area contributed by atoms with Crippen molar-refractivity contribution in [3.63, 3.8) is 0 Å². The Morgan fingerprint density at radius 2 is 1.46 bits per heavy atom. The van der Waals surface area contributed by atoms with Crippen molar-refractivity contribution in [1.82, 2.24) is 0 Å². The van der Waals surface area contributed by atoms with Crippen molar-refractivity contribution < 1.29 is 35.5 Å². The Hall–Kier alpha value is -0.740. The summed E-state index contributed by atoms with van der Waals surface area (Å²) in [5.41, 5.74) is -4.30. The van der Waals surface area contributed by atoms with Gasteiger partial charge in [0.05, 0.1) is 7.11 Å². The van der Waals surface area contributed by atoms with Gasteiger partial charge in [-0.05, 0) is 37.0 Å². The summed E-state index contributed by atoms with van der Waals surface area (Å²) in [6, 6.07) is 6.92. The van der Waals surface area contributed by atoms with Crippen molar-refractivity contribution in [1.29, 1.82) is 0 Å². The largest absolute Gasteiger partial charge is 0.497 e. The number of methoxy groups -OCH3 is 1. The zero-order chi connectivity index (χ0) is 18.6. The normalized spacial score (nSPS) is 14.5. The van der Waals surface area contributed by atoms with Gasteiger partial charge in [-0.15, -0.1) is 0 Å². The molecule has 0 saturated heterocycles. The number of ether oxygens (including phenoxy) is 1. The maximum Gasteiger partial charge on any atom is 0.431 e. The second-order valence-electron chi connectivity index (χ2n) is 5.34. The molecule has 0 aliphatic carbocycles. The molecule has 0 aliphatic rings. The van der Waals surface area contributed by atoms with Crippen LogP contribution in [0.4, 0.5) is 30.7 Å². The third kappa shape index (κ3) is 5.38. The van der Waals surface area contributed by atoms with Gasteiger partial charge in [0.15, 0.2) is 0 Å². The van der Waals surface area contributed by atoms with Gasteiger partial charge in [-0.25, -0.2) is 4.39 Å². The van der Waals surface area contributed by atoms with Gasteiger partial charge in [-0.3, -0.25) is 0 Å². The van der Waals surface area contributed by atoms with Crippen molar-refractivity contribution in [2.75, 3.05) is 7.11 Å². The number of hydrogen-bond donors (Lipinski definition) is 0. The number of halogens is 8. The summed E-state index contributed by atoms with van der Waals surface area (Å²) in [6.45, 7) is 0. The van der Waals surface area contributed by atoms with E-state index < -0.39 is 28.4 Å². The summed E-state index contributed by atoms with van der Waals surface area (Å²) in [5, 5.41) is 0. The fourth-order valence-corrected chi connectivity index (χ4v) is 3.17. The molecule has 1 aromatic carbocycles. The van der Waals surface area contributed by atoms with E-state index in [9.17, 15) is 30.7 Å². The summed E-state index contributed by atoms with van der Waals surface area (Å²) in [6.07, 6.45) is -12.7. The van der Waals surface area contributed by atoms with Gasteiger partial charge < -0.3 is 4.74 Å². The molecule has 0 spiro atoms. The molecular formula is C15H16F7IO. The van der Waals surface area contributed by atoms with Gasteiger partial charge in [-0.2, -0.15) is 26.3 Å². The molecule has 0 amide bonds. The summed E-state index contributed by atoms with van der Waals surface area (Å²) in [7, 11) is 1.50. The van der Waals surface area contributed by atoms with Gasteiger partial charge >= 0.3 is 12.4 Å². The van der Waals surface area contributed by atoms with E-state index in [2.05, 4.69) is 0 Å². The number of benzene rings is 1. The smallest absolute Gasteiger partial charge is 0.431 e. The average molecular weight is 472 g/mol. The Morgan fingerprint density at radius 3 is 1.88 bits per heavy atom. The van der Waals surface area contributed by atoms with E-state index >= 15 is 0 Å². The lowest BCUT2D eigenvalue weighted by molar-refractivity contribution is -0.342. The molecule has 0 fully saturated rings. The van der Waals surface area contributed by atoms with Crippen molar-refractivity contribution in [2.24, 2.45) is 0 Å². The van der Waals surface area contributed by atoms with Crippen LogP contribution >= 0.6 is 22.6 Å². The zero-order valence-electron chi connectivity index (χ0n) is 12.6. The number of rotatable bonds is 7. The highest BCUT2D eigenvalue weighted by Gasteiger charge is 2.72. The molecule has 1 unspecified atom stereocenters. The first-order valence-electron chi connectivity index (χ1n) is 7.00. The second kappa shape index (κ2) is 8.09.